The van der Waals surface area contributed by atoms with Gasteiger partial charge in [-0.3, -0.25) is 9.36 Å². The fourth-order valence-electron chi connectivity index (χ4n) is 3.00. The molecule has 3 aromatic carbocycles. The van der Waals surface area contributed by atoms with E-state index < -0.39 is 0 Å². The zero-order chi connectivity index (χ0) is 23.0. The first-order valence-corrected chi connectivity index (χ1v) is 11.5. The van der Waals surface area contributed by atoms with Gasteiger partial charge < -0.3 is 10.1 Å². The molecule has 168 valence electrons. The number of aromatic nitrogens is 3. The van der Waals surface area contributed by atoms with Crippen molar-refractivity contribution in [3.63, 3.8) is 0 Å². The highest BCUT2D eigenvalue weighted by Crippen LogP contribution is 2.22. The molecular formula is C24H20ClFN4O2S. The van der Waals surface area contributed by atoms with E-state index in [2.05, 4.69) is 15.5 Å². The van der Waals surface area contributed by atoms with Gasteiger partial charge in [0.25, 0.3) is 0 Å². The van der Waals surface area contributed by atoms with Crippen LogP contribution in [0, 0.1) is 5.82 Å². The molecule has 1 heterocycles. The van der Waals surface area contributed by atoms with Gasteiger partial charge in [0.1, 0.15) is 18.2 Å². The number of rotatable bonds is 9. The second-order valence-corrected chi connectivity index (χ2v) is 8.44. The summed E-state index contributed by atoms with van der Waals surface area (Å²) in [5.41, 5.74) is 1.60. The molecule has 0 unspecified atom stereocenters. The number of benzene rings is 3. The van der Waals surface area contributed by atoms with Crippen LogP contribution in [0.1, 0.15) is 11.4 Å². The molecule has 0 radical (unpaired) electrons. The Balaban J connectivity index is 1.45. The molecule has 33 heavy (non-hydrogen) atoms. The largest absolute Gasteiger partial charge is 0.486 e. The van der Waals surface area contributed by atoms with E-state index in [1.165, 1.54) is 36.0 Å². The van der Waals surface area contributed by atoms with Crippen molar-refractivity contribution in [2.45, 2.75) is 18.3 Å². The Labute approximate surface area is 199 Å². The highest BCUT2D eigenvalue weighted by atomic mass is 35.5. The quantitative estimate of drug-likeness (QED) is 0.322. The van der Waals surface area contributed by atoms with Crippen LogP contribution in [0.15, 0.2) is 84.0 Å². The van der Waals surface area contributed by atoms with Gasteiger partial charge in [0, 0.05) is 10.7 Å². The number of carbonyl (C=O) groups excluding carboxylic acids is 1. The Morgan fingerprint density at radius 2 is 1.73 bits per heavy atom. The summed E-state index contributed by atoms with van der Waals surface area (Å²) in [5, 5.41) is 12.5. The minimum atomic E-state index is -0.357. The normalized spacial score (nSPS) is 10.7. The van der Waals surface area contributed by atoms with Crippen molar-refractivity contribution >= 4 is 35.0 Å². The number of nitrogens with one attached hydrogen (secondary N) is 1. The van der Waals surface area contributed by atoms with Crippen molar-refractivity contribution in [1.82, 2.24) is 14.8 Å². The molecule has 0 aliphatic heterocycles. The highest BCUT2D eigenvalue weighted by molar-refractivity contribution is 7.99. The summed E-state index contributed by atoms with van der Waals surface area (Å²) in [5.74, 6) is 0.851. The summed E-state index contributed by atoms with van der Waals surface area (Å²) in [4.78, 5) is 12.4. The zero-order valence-corrected chi connectivity index (χ0v) is 19.0. The molecule has 1 N–H and O–H groups in total. The van der Waals surface area contributed by atoms with Crippen LogP contribution in [-0.2, 0) is 17.9 Å². The fourth-order valence-corrected chi connectivity index (χ4v) is 3.88. The third kappa shape index (κ3) is 6.57. The lowest BCUT2D eigenvalue weighted by molar-refractivity contribution is -0.113. The Bertz CT molecular complexity index is 1200. The minimum absolute atomic E-state index is 0.127. The second kappa shape index (κ2) is 11.0. The Morgan fingerprint density at radius 1 is 1.00 bits per heavy atom. The van der Waals surface area contributed by atoms with Crippen molar-refractivity contribution in [2.24, 2.45) is 0 Å². The van der Waals surface area contributed by atoms with Crippen LogP contribution in [0.4, 0.5) is 10.1 Å². The molecule has 6 nitrogen and oxygen atoms in total. The van der Waals surface area contributed by atoms with Crippen LogP contribution in [0.5, 0.6) is 5.75 Å². The topological polar surface area (TPSA) is 69.0 Å². The molecule has 0 fully saturated rings. The maximum absolute atomic E-state index is 13.1. The molecule has 4 rings (SSSR count). The summed E-state index contributed by atoms with van der Waals surface area (Å²) in [7, 11) is 0. The number of anilines is 1. The molecule has 0 spiro atoms. The van der Waals surface area contributed by atoms with Crippen molar-refractivity contribution in [3.8, 4) is 5.75 Å². The van der Waals surface area contributed by atoms with Crippen LogP contribution in [0.25, 0.3) is 0 Å². The van der Waals surface area contributed by atoms with Crippen molar-refractivity contribution in [1.29, 1.82) is 0 Å². The van der Waals surface area contributed by atoms with Gasteiger partial charge in [-0.05, 0) is 54.1 Å². The predicted octanol–water partition coefficient (Wildman–Crippen LogP) is 5.43. The van der Waals surface area contributed by atoms with Crippen molar-refractivity contribution in [3.05, 3.63) is 101 Å². The third-order valence-corrected chi connectivity index (χ3v) is 5.84. The summed E-state index contributed by atoms with van der Waals surface area (Å²) in [6, 6.07) is 22.6. The van der Waals surface area contributed by atoms with E-state index in [-0.39, 0.29) is 24.1 Å². The molecular weight excluding hydrogens is 463 g/mol. The van der Waals surface area contributed by atoms with Gasteiger partial charge in [0.05, 0.1) is 12.3 Å². The first-order valence-electron chi connectivity index (χ1n) is 10.1. The lowest BCUT2D eigenvalue weighted by atomic mass is 10.2. The smallest absolute Gasteiger partial charge is 0.234 e. The Morgan fingerprint density at radius 3 is 2.45 bits per heavy atom. The van der Waals surface area contributed by atoms with Gasteiger partial charge in [0.15, 0.2) is 11.0 Å². The number of thioether (sulfide) groups is 1. The highest BCUT2D eigenvalue weighted by Gasteiger charge is 2.16. The fraction of sp³-hybridized carbons (Fsp3) is 0.125. The Kier molecular flexibility index (Phi) is 7.59. The van der Waals surface area contributed by atoms with E-state index in [0.29, 0.717) is 34.0 Å². The van der Waals surface area contributed by atoms with Crippen LogP contribution in [-0.4, -0.2) is 26.4 Å². The summed E-state index contributed by atoms with van der Waals surface area (Å²) < 4.78 is 20.8. The molecule has 0 saturated heterocycles. The van der Waals surface area contributed by atoms with Gasteiger partial charge >= 0.3 is 0 Å². The summed E-state index contributed by atoms with van der Waals surface area (Å²) >= 11 is 7.20. The number of carbonyl (C=O) groups is 1. The molecule has 0 atom stereocenters. The summed E-state index contributed by atoms with van der Waals surface area (Å²) in [6.45, 7) is 0.749. The van der Waals surface area contributed by atoms with E-state index >= 15 is 0 Å². The van der Waals surface area contributed by atoms with Gasteiger partial charge in [-0.2, -0.15) is 0 Å². The van der Waals surface area contributed by atoms with Crippen molar-refractivity contribution < 1.29 is 13.9 Å². The number of halogens is 2. The van der Waals surface area contributed by atoms with E-state index in [0.717, 1.165) is 5.56 Å². The first-order chi connectivity index (χ1) is 16.1. The predicted molar refractivity (Wildman–Crippen MR) is 127 cm³/mol. The van der Waals surface area contributed by atoms with Crippen LogP contribution in [0.3, 0.4) is 0 Å². The van der Waals surface area contributed by atoms with E-state index in [1.54, 1.807) is 24.3 Å². The molecule has 0 bridgehead atoms. The maximum atomic E-state index is 13.1. The number of hydrogen-bond acceptors (Lipinski definition) is 5. The maximum Gasteiger partial charge on any atom is 0.234 e. The third-order valence-electron chi connectivity index (χ3n) is 4.62. The minimum Gasteiger partial charge on any atom is -0.486 e. The van der Waals surface area contributed by atoms with Gasteiger partial charge in [-0.1, -0.05) is 53.7 Å². The molecule has 1 amide bonds. The van der Waals surface area contributed by atoms with Gasteiger partial charge in [-0.15, -0.1) is 10.2 Å². The number of nitrogens with zero attached hydrogens (tertiary/aromatic N) is 3. The molecule has 4 aromatic rings. The SMILES string of the molecule is O=C(CSc1nnc(COc2ccc(Cl)cc2)n1Cc1ccccc1)Nc1ccc(F)cc1. The van der Waals surface area contributed by atoms with Gasteiger partial charge in [-0.25, -0.2) is 4.39 Å². The lowest BCUT2D eigenvalue weighted by Gasteiger charge is -2.11. The number of amides is 1. The molecule has 0 saturated carbocycles. The monoisotopic (exact) mass is 482 g/mol. The van der Waals surface area contributed by atoms with E-state index in [9.17, 15) is 9.18 Å². The standard InChI is InChI=1S/C24H20ClFN4O2S/c25-18-6-12-21(13-7-18)32-15-22-28-29-24(30(22)14-17-4-2-1-3-5-17)33-16-23(31)27-20-10-8-19(26)9-11-20/h1-13H,14-16H2,(H,27,31). The molecule has 0 aliphatic carbocycles. The van der Waals surface area contributed by atoms with Crippen LogP contribution >= 0.6 is 23.4 Å². The van der Waals surface area contributed by atoms with E-state index in [1.807, 2.05) is 34.9 Å². The van der Waals surface area contributed by atoms with Crippen molar-refractivity contribution in [2.75, 3.05) is 11.1 Å². The average Bonchev–Trinajstić information content (AvgIpc) is 3.21. The molecule has 1 aromatic heterocycles. The van der Waals surface area contributed by atoms with E-state index in [4.69, 9.17) is 16.3 Å². The zero-order valence-electron chi connectivity index (χ0n) is 17.4. The summed E-state index contributed by atoms with van der Waals surface area (Å²) in [6.07, 6.45) is 0. The molecule has 9 heteroatoms. The average molecular weight is 483 g/mol. The number of hydrogen-bond donors (Lipinski definition) is 1. The number of ether oxygens (including phenoxy) is 1. The first kappa shape index (κ1) is 22.8. The van der Waals surface area contributed by atoms with Gasteiger partial charge in [0.2, 0.25) is 5.91 Å². The Hall–Kier alpha value is -3.36. The van der Waals surface area contributed by atoms with Crippen LogP contribution < -0.4 is 10.1 Å². The second-order valence-electron chi connectivity index (χ2n) is 7.06. The lowest BCUT2D eigenvalue weighted by Crippen LogP contribution is -2.15. The van der Waals surface area contributed by atoms with Crippen LogP contribution in [0.2, 0.25) is 5.02 Å². The molecule has 0 aliphatic rings.